The van der Waals surface area contributed by atoms with Gasteiger partial charge in [-0.05, 0) is 31.2 Å². The number of aliphatic hydroxyl groups is 1. The van der Waals surface area contributed by atoms with Crippen LogP contribution in [0.5, 0.6) is 0 Å². The van der Waals surface area contributed by atoms with E-state index in [0.717, 1.165) is 50.8 Å². The Morgan fingerprint density at radius 3 is 2.50 bits per heavy atom. The van der Waals surface area contributed by atoms with E-state index in [2.05, 4.69) is 15.5 Å². The van der Waals surface area contributed by atoms with Gasteiger partial charge in [-0.3, -0.25) is 4.90 Å². The summed E-state index contributed by atoms with van der Waals surface area (Å²) in [5.74, 6) is 0. The maximum absolute atomic E-state index is 12.0. The van der Waals surface area contributed by atoms with E-state index in [4.69, 9.17) is 0 Å². The Balaban J connectivity index is 1.38. The fourth-order valence-corrected chi connectivity index (χ4v) is 3.91. The van der Waals surface area contributed by atoms with Gasteiger partial charge in [0.2, 0.25) is 0 Å². The summed E-state index contributed by atoms with van der Waals surface area (Å²) in [7, 11) is 0. The number of hydrogen-bond acceptors (Lipinski definition) is 3. The molecule has 1 aromatic carbocycles. The molecule has 1 heterocycles. The summed E-state index contributed by atoms with van der Waals surface area (Å²) < 4.78 is 0. The molecule has 5 nitrogen and oxygen atoms in total. The van der Waals surface area contributed by atoms with Crippen LogP contribution in [-0.2, 0) is 6.54 Å². The Morgan fingerprint density at radius 1 is 1.08 bits per heavy atom. The van der Waals surface area contributed by atoms with Crippen LogP contribution >= 0.6 is 0 Å². The molecule has 3 N–H and O–H groups in total. The first-order chi connectivity index (χ1) is 11.7. The average Bonchev–Trinajstić information content (AvgIpc) is 2.62. The van der Waals surface area contributed by atoms with E-state index < -0.39 is 0 Å². The molecule has 1 saturated heterocycles. The van der Waals surface area contributed by atoms with Gasteiger partial charge in [-0.1, -0.05) is 43.2 Å². The first-order valence-corrected chi connectivity index (χ1v) is 9.23. The van der Waals surface area contributed by atoms with Gasteiger partial charge in [-0.15, -0.1) is 0 Å². The van der Waals surface area contributed by atoms with E-state index >= 15 is 0 Å². The molecule has 2 aliphatic rings. The van der Waals surface area contributed by atoms with E-state index in [-0.39, 0.29) is 18.2 Å². The number of urea groups is 1. The van der Waals surface area contributed by atoms with Gasteiger partial charge in [0.05, 0.1) is 6.10 Å². The number of aliphatic hydroxyl groups excluding tert-OH is 1. The zero-order chi connectivity index (χ0) is 16.8. The van der Waals surface area contributed by atoms with Crippen LogP contribution in [0.4, 0.5) is 4.79 Å². The number of hydrogen-bond donors (Lipinski definition) is 3. The second-order valence-electron chi connectivity index (χ2n) is 7.04. The first-order valence-electron chi connectivity index (χ1n) is 9.23. The normalized spacial score (nSPS) is 26.0. The van der Waals surface area contributed by atoms with Crippen LogP contribution in [0.1, 0.15) is 44.1 Å². The minimum Gasteiger partial charge on any atom is -0.391 e. The fourth-order valence-electron chi connectivity index (χ4n) is 3.91. The van der Waals surface area contributed by atoms with E-state index in [1.54, 1.807) is 0 Å². The van der Waals surface area contributed by atoms with Crippen molar-refractivity contribution in [2.45, 2.75) is 63.3 Å². The molecule has 0 radical (unpaired) electrons. The molecule has 3 rings (SSSR count). The van der Waals surface area contributed by atoms with E-state index in [1.165, 1.54) is 6.42 Å². The molecular formula is C19H29N3O2. The molecule has 24 heavy (non-hydrogen) atoms. The second kappa shape index (κ2) is 8.49. The largest absolute Gasteiger partial charge is 0.391 e. The third kappa shape index (κ3) is 4.71. The van der Waals surface area contributed by atoms with Crippen LogP contribution in [0, 0.1) is 0 Å². The van der Waals surface area contributed by atoms with Crippen molar-refractivity contribution in [3.05, 3.63) is 35.9 Å². The van der Waals surface area contributed by atoms with Gasteiger partial charge in [0.1, 0.15) is 0 Å². The third-order valence-electron chi connectivity index (χ3n) is 5.32. The van der Waals surface area contributed by atoms with E-state index in [0.29, 0.717) is 12.6 Å². The molecule has 1 saturated carbocycles. The Hall–Kier alpha value is -1.59. The SMILES string of the molecule is O=C(NCc1ccccc1)NC1CCN(C2CCCCC2O)CC1. The quantitative estimate of drug-likeness (QED) is 0.793. The molecule has 1 aliphatic heterocycles. The van der Waals surface area contributed by atoms with Gasteiger partial charge in [0, 0.05) is 31.7 Å². The van der Waals surface area contributed by atoms with Crippen LogP contribution < -0.4 is 10.6 Å². The topological polar surface area (TPSA) is 64.6 Å². The lowest BCUT2D eigenvalue weighted by molar-refractivity contribution is 0.00777. The summed E-state index contributed by atoms with van der Waals surface area (Å²) in [6, 6.07) is 10.4. The molecule has 2 fully saturated rings. The molecule has 0 spiro atoms. The van der Waals surface area contributed by atoms with Gasteiger partial charge in [-0.2, -0.15) is 0 Å². The number of likely N-dealkylation sites (tertiary alicyclic amines) is 1. The highest BCUT2D eigenvalue weighted by molar-refractivity contribution is 5.74. The summed E-state index contributed by atoms with van der Waals surface area (Å²) in [6.45, 7) is 2.48. The van der Waals surface area contributed by atoms with Crippen LogP contribution in [0.25, 0.3) is 0 Å². The maximum Gasteiger partial charge on any atom is 0.315 e. The number of carbonyl (C=O) groups excluding carboxylic acids is 1. The van der Waals surface area contributed by atoms with Crippen LogP contribution in [0.3, 0.4) is 0 Å². The monoisotopic (exact) mass is 331 g/mol. The van der Waals surface area contributed by atoms with Gasteiger partial charge in [-0.25, -0.2) is 4.79 Å². The number of amides is 2. The van der Waals surface area contributed by atoms with Crippen molar-refractivity contribution in [3.63, 3.8) is 0 Å². The van der Waals surface area contributed by atoms with Crippen LogP contribution in [0.2, 0.25) is 0 Å². The Labute approximate surface area is 144 Å². The summed E-state index contributed by atoms with van der Waals surface area (Å²) in [5.41, 5.74) is 1.11. The zero-order valence-electron chi connectivity index (χ0n) is 14.3. The predicted molar refractivity (Wildman–Crippen MR) is 94.7 cm³/mol. The smallest absolute Gasteiger partial charge is 0.315 e. The number of nitrogens with zero attached hydrogens (tertiary/aromatic N) is 1. The zero-order valence-corrected chi connectivity index (χ0v) is 14.3. The Bertz CT molecular complexity index is 515. The van der Waals surface area contributed by atoms with Crippen molar-refractivity contribution in [3.8, 4) is 0 Å². The van der Waals surface area contributed by atoms with E-state index in [9.17, 15) is 9.90 Å². The highest BCUT2D eigenvalue weighted by Gasteiger charge is 2.31. The van der Waals surface area contributed by atoms with Crippen LogP contribution in [-0.4, -0.2) is 47.3 Å². The number of piperidine rings is 1. The van der Waals surface area contributed by atoms with Crippen LogP contribution in [0.15, 0.2) is 30.3 Å². The number of rotatable bonds is 4. The van der Waals surface area contributed by atoms with Gasteiger partial charge < -0.3 is 15.7 Å². The van der Waals surface area contributed by atoms with E-state index in [1.807, 2.05) is 30.3 Å². The molecule has 132 valence electrons. The first kappa shape index (κ1) is 17.2. The van der Waals surface area contributed by atoms with Crippen molar-refractivity contribution >= 4 is 6.03 Å². The van der Waals surface area contributed by atoms with Gasteiger partial charge in [0.25, 0.3) is 0 Å². The number of carbonyl (C=O) groups is 1. The summed E-state index contributed by atoms with van der Waals surface area (Å²) in [5, 5.41) is 16.2. The molecule has 2 atom stereocenters. The summed E-state index contributed by atoms with van der Waals surface area (Å²) in [6.07, 6.45) is 6.17. The van der Waals surface area contributed by atoms with Gasteiger partial charge >= 0.3 is 6.03 Å². The standard InChI is InChI=1S/C19H29N3O2/c23-18-9-5-4-8-17(18)22-12-10-16(11-13-22)21-19(24)20-14-15-6-2-1-3-7-15/h1-3,6-7,16-18,23H,4-5,8-14H2,(H2,20,21,24). The highest BCUT2D eigenvalue weighted by Crippen LogP contribution is 2.25. The fraction of sp³-hybridized carbons (Fsp3) is 0.632. The maximum atomic E-state index is 12.0. The molecule has 1 aromatic rings. The third-order valence-corrected chi connectivity index (χ3v) is 5.32. The summed E-state index contributed by atoms with van der Waals surface area (Å²) in [4.78, 5) is 14.5. The van der Waals surface area contributed by atoms with Crippen molar-refractivity contribution in [2.24, 2.45) is 0 Å². The molecule has 1 aliphatic carbocycles. The molecule has 2 unspecified atom stereocenters. The summed E-state index contributed by atoms with van der Waals surface area (Å²) >= 11 is 0. The number of nitrogens with one attached hydrogen (secondary N) is 2. The minimum absolute atomic E-state index is 0.0880. The predicted octanol–water partition coefficient (Wildman–Crippen LogP) is 2.25. The second-order valence-corrected chi connectivity index (χ2v) is 7.04. The highest BCUT2D eigenvalue weighted by atomic mass is 16.3. The minimum atomic E-state index is -0.169. The lowest BCUT2D eigenvalue weighted by atomic mass is 9.89. The molecule has 0 aromatic heterocycles. The van der Waals surface area contributed by atoms with Crippen molar-refractivity contribution in [1.29, 1.82) is 0 Å². The Morgan fingerprint density at radius 2 is 1.79 bits per heavy atom. The van der Waals surface area contributed by atoms with Crippen molar-refractivity contribution in [1.82, 2.24) is 15.5 Å². The van der Waals surface area contributed by atoms with Crippen molar-refractivity contribution < 1.29 is 9.90 Å². The molecular weight excluding hydrogens is 302 g/mol. The Kier molecular flexibility index (Phi) is 6.10. The molecule has 2 amide bonds. The lowest BCUT2D eigenvalue weighted by Crippen LogP contribution is -2.53. The average molecular weight is 331 g/mol. The molecule has 5 heteroatoms. The van der Waals surface area contributed by atoms with Gasteiger partial charge in [0.15, 0.2) is 0 Å². The molecule has 0 bridgehead atoms. The lowest BCUT2D eigenvalue weighted by Gasteiger charge is -2.41. The number of benzene rings is 1. The van der Waals surface area contributed by atoms with Crippen molar-refractivity contribution in [2.75, 3.05) is 13.1 Å².